The molecule has 0 bridgehead atoms. The van der Waals surface area contributed by atoms with E-state index in [1.165, 1.54) is 6.21 Å². The van der Waals surface area contributed by atoms with E-state index in [4.69, 9.17) is 16.3 Å². The van der Waals surface area contributed by atoms with E-state index in [2.05, 4.69) is 20.7 Å². The van der Waals surface area contributed by atoms with Crippen molar-refractivity contribution in [2.24, 2.45) is 5.10 Å². The lowest BCUT2D eigenvalue weighted by Crippen LogP contribution is -2.18. The number of aromatic amines is 1. The SMILES string of the molecule is CC(C)(C)c1cc(C(=O)N/N=C/c2ccc(OC(=O)c3ccccc3Cl)cc2)n[nH]1. The van der Waals surface area contributed by atoms with Crippen LogP contribution in [0.15, 0.2) is 59.7 Å². The number of ether oxygens (including phenoxy) is 1. The Labute approximate surface area is 179 Å². The normalized spacial score (nSPS) is 11.5. The monoisotopic (exact) mass is 424 g/mol. The number of rotatable bonds is 5. The molecule has 7 nitrogen and oxygen atoms in total. The van der Waals surface area contributed by atoms with Crippen molar-refractivity contribution in [2.75, 3.05) is 0 Å². The summed E-state index contributed by atoms with van der Waals surface area (Å²) in [5.41, 5.74) is 4.43. The van der Waals surface area contributed by atoms with Crippen LogP contribution in [0.4, 0.5) is 0 Å². The molecule has 0 spiro atoms. The highest BCUT2D eigenvalue weighted by molar-refractivity contribution is 6.33. The molecule has 30 heavy (non-hydrogen) atoms. The highest BCUT2D eigenvalue weighted by Gasteiger charge is 2.19. The van der Waals surface area contributed by atoms with Gasteiger partial charge < -0.3 is 4.74 Å². The van der Waals surface area contributed by atoms with Gasteiger partial charge in [-0.3, -0.25) is 9.89 Å². The fourth-order valence-electron chi connectivity index (χ4n) is 2.46. The minimum atomic E-state index is -0.539. The van der Waals surface area contributed by atoms with Gasteiger partial charge in [0, 0.05) is 11.1 Å². The van der Waals surface area contributed by atoms with Crippen molar-refractivity contribution in [3.8, 4) is 5.75 Å². The van der Waals surface area contributed by atoms with Crippen molar-refractivity contribution in [2.45, 2.75) is 26.2 Å². The average molecular weight is 425 g/mol. The lowest BCUT2D eigenvalue weighted by atomic mass is 9.92. The van der Waals surface area contributed by atoms with E-state index in [1.54, 1.807) is 54.6 Å². The molecule has 1 heterocycles. The first-order chi connectivity index (χ1) is 14.2. The maximum absolute atomic E-state index is 12.2. The van der Waals surface area contributed by atoms with Gasteiger partial charge in [0.25, 0.3) is 5.91 Å². The second kappa shape index (κ2) is 8.92. The van der Waals surface area contributed by atoms with Gasteiger partial charge >= 0.3 is 5.97 Å². The number of carbonyl (C=O) groups is 2. The number of nitrogens with one attached hydrogen (secondary N) is 2. The Morgan fingerprint density at radius 2 is 1.83 bits per heavy atom. The molecule has 3 rings (SSSR count). The lowest BCUT2D eigenvalue weighted by molar-refractivity contribution is 0.0734. The van der Waals surface area contributed by atoms with Crippen LogP contribution < -0.4 is 10.2 Å². The van der Waals surface area contributed by atoms with Crippen LogP contribution >= 0.6 is 11.6 Å². The molecule has 0 radical (unpaired) electrons. The van der Waals surface area contributed by atoms with E-state index in [0.717, 1.165) is 5.69 Å². The summed E-state index contributed by atoms with van der Waals surface area (Å²) in [5.74, 6) is -0.585. The first-order valence-corrected chi connectivity index (χ1v) is 9.58. The van der Waals surface area contributed by atoms with Crippen molar-refractivity contribution >= 4 is 29.7 Å². The minimum absolute atomic E-state index is 0.133. The van der Waals surface area contributed by atoms with Crippen LogP contribution in [0.25, 0.3) is 0 Å². The van der Waals surface area contributed by atoms with Gasteiger partial charge in [-0.15, -0.1) is 0 Å². The number of hydrazone groups is 1. The zero-order valence-corrected chi connectivity index (χ0v) is 17.5. The minimum Gasteiger partial charge on any atom is -0.423 e. The van der Waals surface area contributed by atoms with Gasteiger partial charge in [0.15, 0.2) is 5.69 Å². The van der Waals surface area contributed by atoms with Gasteiger partial charge in [0.2, 0.25) is 0 Å². The second-order valence-corrected chi connectivity index (χ2v) is 7.96. The third kappa shape index (κ3) is 5.33. The van der Waals surface area contributed by atoms with E-state index < -0.39 is 11.9 Å². The molecule has 0 aliphatic rings. The van der Waals surface area contributed by atoms with Crippen molar-refractivity contribution in [1.82, 2.24) is 15.6 Å². The molecular formula is C22H21ClN4O3. The Balaban J connectivity index is 1.57. The maximum atomic E-state index is 12.2. The fourth-order valence-corrected chi connectivity index (χ4v) is 2.67. The number of hydrogen-bond acceptors (Lipinski definition) is 5. The summed E-state index contributed by atoms with van der Waals surface area (Å²) in [6.45, 7) is 6.07. The fraction of sp³-hybridized carbons (Fsp3) is 0.182. The summed E-state index contributed by atoms with van der Waals surface area (Å²) < 4.78 is 5.32. The number of nitrogens with zero attached hydrogens (tertiary/aromatic N) is 2. The smallest absolute Gasteiger partial charge is 0.345 e. The summed E-state index contributed by atoms with van der Waals surface area (Å²) in [6, 6.07) is 15.0. The topological polar surface area (TPSA) is 96.4 Å². The molecule has 0 aliphatic heterocycles. The molecule has 2 N–H and O–H groups in total. The van der Waals surface area contributed by atoms with Crippen LogP contribution in [0.1, 0.15) is 52.9 Å². The molecule has 0 saturated heterocycles. The Kier molecular flexibility index (Phi) is 6.32. The number of carbonyl (C=O) groups excluding carboxylic acids is 2. The summed E-state index contributed by atoms with van der Waals surface area (Å²) in [5, 5.41) is 11.1. The number of amides is 1. The van der Waals surface area contributed by atoms with Crippen LogP contribution in [0.5, 0.6) is 5.75 Å². The third-order valence-electron chi connectivity index (χ3n) is 4.18. The lowest BCUT2D eigenvalue weighted by Gasteiger charge is -2.14. The maximum Gasteiger partial charge on any atom is 0.345 e. The predicted octanol–water partition coefficient (Wildman–Crippen LogP) is 4.34. The number of esters is 1. The summed E-state index contributed by atoms with van der Waals surface area (Å²) in [6.07, 6.45) is 1.48. The van der Waals surface area contributed by atoms with Gasteiger partial charge in [-0.1, -0.05) is 44.5 Å². The number of benzene rings is 2. The zero-order valence-electron chi connectivity index (χ0n) is 16.8. The molecule has 0 unspecified atom stereocenters. The average Bonchev–Trinajstić information content (AvgIpc) is 3.20. The molecule has 2 aromatic carbocycles. The zero-order chi connectivity index (χ0) is 21.7. The first-order valence-electron chi connectivity index (χ1n) is 9.20. The molecule has 8 heteroatoms. The van der Waals surface area contributed by atoms with Crippen LogP contribution in [-0.2, 0) is 5.41 Å². The Bertz CT molecular complexity index is 1080. The summed E-state index contributed by atoms with van der Waals surface area (Å²) >= 11 is 6.00. The predicted molar refractivity (Wildman–Crippen MR) is 115 cm³/mol. The van der Waals surface area contributed by atoms with Gasteiger partial charge in [-0.25, -0.2) is 10.2 Å². The van der Waals surface area contributed by atoms with Crippen LogP contribution in [-0.4, -0.2) is 28.3 Å². The highest BCUT2D eigenvalue weighted by atomic mass is 35.5. The molecule has 3 aromatic rings. The molecule has 1 amide bonds. The number of H-pyrrole nitrogens is 1. The number of hydrogen-bond donors (Lipinski definition) is 2. The van der Waals surface area contributed by atoms with Crippen LogP contribution in [0.2, 0.25) is 5.02 Å². The Morgan fingerprint density at radius 3 is 2.47 bits per heavy atom. The quantitative estimate of drug-likeness (QED) is 0.275. The van der Waals surface area contributed by atoms with Gasteiger partial charge in [0.05, 0.1) is 16.8 Å². The van der Waals surface area contributed by atoms with Crippen molar-refractivity contribution in [3.63, 3.8) is 0 Å². The van der Waals surface area contributed by atoms with Crippen molar-refractivity contribution in [1.29, 1.82) is 0 Å². The van der Waals surface area contributed by atoms with E-state index in [1.807, 2.05) is 20.8 Å². The molecule has 0 atom stereocenters. The van der Waals surface area contributed by atoms with Crippen molar-refractivity contribution < 1.29 is 14.3 Å². The van der Waals surface area contributed by atoms with E-state index >= 15 is 0 Å². The van der Waals surface area contributed by atoms with Gasteiger partial charge in [-0.05, 0) is 48.0 Å². The number of halogens is 1. The molecule has 154 valence electrons. The first kappa shape index (κ1) is 21.3. The van der Waals surface area contributed by atoms with Gasteiger partial charge in [0.1, 0.15) is 5.75 Å². The molecule has 0 fully saturated rings. The molecular weight excluding hydrogens is 404 g/mol. The number of aromatic nitrogens is 2. The molecule has 0 saturated carbocycles. The highest BCUT2D eigenvalue weighted by Crippen LogP contribution is 2.20. The molecule has 0 aliphatic carbocycles. The second-order valence-electron chi connectivity index (χ2n) is 7.55. The Hall–Kier alpha value is -3.45. The van der Waals surface area contributed by atoms with E-state index in [9.17, 15) is 9.59 Å². The van der Waals surface area contributed by atoms with Crippen molar-refractivity contribution in [3.05, 3.63) is 82.1 Å². The standard InChI is InChI=1S/C22H21ClN4O3/c1-22(2,3)19-12-18(25-26-19)20(28)27-24-13-14-8-10-15(11-9-14)30-21(29)16-6-4-5-7-17(16)23/h4-13H,1-3H3,(H,25,26)(H,27,28)/b24-13+. The van der Waals surface area contributed by atoms with Crippen LogP contribution in [0.3, 0.4) is 0 Å². The summed E-state index contributed by atoms with van der Waals surface area (Å²) in [4.78, 5) is 24.3. The largest absolute Gasteiger partial charge is 0.423 e. The Morgan fingerprint density at radius 1 is 1.13 bits per heavy atom. The summed E-state index contributed by atoms with van der Waals surface area (Å²) in [7, 11) is 0. The van der Waals surface area contributed by atoms with Crippen LogP contribution in [0, 0.1) is 0 Å². The van der Waals surface area contributed by atoms with E-state index in [0.29, 0.717) is 21.9 Å². The third-order valence-corrected chi connectivity index (χ3v) is 4.51. The van der Waals surface area contributed by atoms with E-state index in [-0.39, 0.29) is 11.1 Å². The molecule has 1 aromatic heterocycles. The van der Waals surface area contributed by atoms with Gasteiger partial charge in [-0.2, -0.15) is 10.2 Å².